The molecule has 0 aromatic heterocycles. The quantitative estimate of drug-likeness (QED) is 0.301. The number of hydrogen-bond acceptors (Lipinski definition) is 8. The molecule has 13 heteroatoms. The second-order valence-electron chi connectivity index (χ2n) is 9.23. The maximum Gasteiger partial charge on any atom is 0.353 e. The lowest BCUT2D eigenvalue weighted by atomic mass is 9.79. The number of carbonyl (C=O) groups is 5. The van der Waals surface area contributed by atoms with Crippen molar-refractivity contribution in [1.82, 2.24) is 20.0 Å². The summed E-state index contributed by atoms with van der Waals surface area (Å²) in [6, 6.07) is -1.02. The van der Waals surface area contributed by atoms with Gasteiger partial charge in [-0.3, -0.25) is 19.3 Å². The fourth-order valence-electron chi connectivity index (χ4n) is 5.22. The summed E-state index contributed by atoms with van der Waals surface area (Å²) in [7, 11) is 0. The van der Waals surface area contributed by atoms with Crippen LogP contribution in [0.15, 0.2) is 10.6 Å². The number of nitrogens with one attached hydrogen (secondary N) is 1. The average Bonchev–Trinajstić information content (AvgIpc) is 3.35. The van der Waals surface area contributed by atoms with E-state index in [9.17, 15) is 34.2 Å². The van der Waals surface area contributed by atoms with Crippen LogP contribution in [0.3, 0.4) is 0 Å². The minimum Gasteiger partial charge on any atom is -0.477 e. The predicted octanol–water partition coefficient (Wildman–Crippen LogP) is -0.569. The topological polar surface area (TPSA) is 157 Å². The molecule has 0 spiro atoms. The number of carboxylic acid groups (broad SMARTS) is 1. The number of aliphatic carboxylic acids is 1. The maximum atomic E-state index is 12.5. The summed E-state index contributed by atoms with van der Waals surface area (Å²) < 4.78 is 5.77. The van der Waals surface area contributed by atoms with E-state index < -0.39 is 35.8 Å². The van der Waals surface area contributed by atoms with Crippen molar-refractivity contribution in [2.24, 2.45) is 11.8 Å². The molecule has 4 rings (SSSR count). The van der Waals surface area contributed by atoms with E-state index in [1.54, 1.807) is 6.92 Å². The molecule has 4 heterocycles. The van der Waals surface area contributed by atoms with Gasteiger partial charge >= 0.3 is 23.8 Å². The Kier molecular flexibility index (Phi) is 7.11. The summed E-state index contributed by atoms with van der Waals surface area (Å²) in [5.41, 5.74) is -0.0273. The Morgan fingerprint density at radius 1 is 1.23 bits per heavy atom. The normalized spacial score (nSPS) is 31.6. The maximum absolute atomic E-state index is 12.5. The van der Waals surface area contributed by atoms with Gasteiger partial charge in [-0.1, -0.05) is 6.92 Å². The second kappa shape index (κ2) is 9.78. The molecule has 3 saturated heterocycles. The van der Waals surface area contributed by atoms with E-state index in [1.807, 2.05) is 6.92 Å². The molecule has 6 atom stereocenters. The number of nitrogens with zero attached hydrogens (tertiary/aromatic N) is 3. The van der Waals surface area contributed by atoms with Crippen LogP contribution < -0.4 is 5.32 Å². The number of urea groups is 1. The van der Waals surface area contributed by atoms with Gasteiger partial charge in [-0.25, -0.2) is 9.59 Å². The van der Waals surface area contributed by atoms with Gasteiger partial charge in [-0.05, 0) is 20.3 Å². The third-order valence-corrected chi connectivity index (χ3v) is 8.55. The standard InChI is InChI=1S/C22H30N4O8S/c1-4-24-5-6-25(20(30)19(24)29)22(33)23-8-12-7-13(9-34-12)35-17-10(2)15-14(11(3)27)18(28)26(15)16(17)21(31)32/h10-15,27H,4-9H2,1-3H3,(H,23,33)(H,31,32)/t10-,11-,12?,13?,14-,15-/m1/s1. The highest BCUT2D eigenvalue weighted by Crippen LogP contribution is 2.52. The molecule has 0 bridgehead atoms. The van der Waals surface area contributed by atoms with Crippen LogP contribution in [0, 0.1) is 11.8 Å². The van der Waals surface area contributed by atoms with Crippen LogP contribution in [0.2, 0.25) is 0 Å². The number of piperazine rings is 1. The molecule has 5 amide bonds. The first-order valence-electron chi connectivity index (χ1n) is 11.7. The molecule has 0 saturated carbocycles. The van der Waals surface area contributed by atoms with Crippen molar-refractivity contribution in [3.63, 3.8) is 0 Å². The summed E-state index contributed by atoms with van der Waals surface area (Å²) in [5, 5.41) is 22.3. The van der Waals surface area contributed by atoms with Crippen LogP contribution in [-0.2, 0) is 23.9 Å². The van der Waals surface area contributed by atoms with Gasteiger partial charge < -0.3 is 30.1 Å². The van der Waals surface area contributed by atoms with Crippen LogP contribution >= 0.6 is 11.8 Å². The number of thioether (sulfide) groups is 1. The number of imide groups is 1. The molecule has 192 valence electrons. The second-order valence-corrected chi connectivity index (χ2v) is 10.6. The van der Waals surface area contributed by atoms with Crippen LogP contribution in [0.1, 0.15) is 27.2 Å². The molecule has 12 nitrogen and oxygen atoms in total. The van der Waals surface area contributed by atoms with Gasteiger partial charge in [0, 0.05) is 42.3 Å². The number of carboxylic acids is 1. The Balaban J connectivity index is 1.33. The van der Waals surface area contributed by atoms with Crippen molar-refractivity contribution in [3.05, 3.63) is 10.6 Å². The molecule has 35 heavy (non-hydrogen) atoms. The van der Waals surface area contributed by atoms with Gasteiger partial charge in [-0.2, -0.15) is 0 Å². The summed E-state index contributed by atoms with van der Waals surface area (Å²) in [6.07, 6.45) is -0.669. The van der Waals surface area contributed by atoms with Crippen molar-refractivity contribution in [3.8, 4) is 0 Å². The molecule has 4 aliphatic rings. The minimum absolute atomic E-state index is 0.0273. The van der Waals surface area contributed by atoms with Gasteiger partial charge in [-0.15, -0.1) is 11.8 Å². The summed E-state index contributed by atoms with van der Waals surface area (Å²) in [5.74, 6) is -3.95. The number of ether oxygens (including phenoxy) is 1. The van der Waals surface area contributed by atoms with E-state index in [1.165, 1.54) is 28.5 Å². The zero-order chi connectivity index (χ0) is 25.6. The Morgan fingerprint density at radius 2 is 1.94 bits per heavy atom. The molecule has 4 aliphatic heterocycles. The number of rotatable bonds is 7. The smallest absolute Gasteiger partial charge is 0.353 e. The third kappa shape index (κ3) is 4.40. The lowest BCUT2D eigenvalue weighted by molar-refractivity contribution is -0.163. The lowest BCUT2D eigenvalue weighted by Gasteiger charge is -2.46. The lowest BCUT2D eigenvalue weighted by Crippen LogP contribution is -2.63. The first kappa shape index (κ1) is 25.5. The number of fused-ring (bicyclic) bond motifs is 1. The minimum atomic E-state index is -1.18. The summed E-state index contributed by atoms with van der Waals surface area (Å²) in [6.45, 7) is 6.46. The number of hydrogen-bond donors (Lipinski definition) is 3. The number of likely N-dealkylation sites (N-methyl/N-ethyl adjacent to an activating group) is 1. The molecule has 0 aliphatic carbocycles. The van der Waals surface area contributed by atoms with E-state index in [4.69, 9.17) is 4.74 Å². The highest BCUT2D eigenvalue weighted by molar-refractivity contribution is 8.03. The van der Waals surface area contributed by atoms with E-state index in [-0.39, 0.29) is 48.0 Å². The molecule has 3 fully saturated rings. The average molecular weight is 511 g/mol. The van der Waals surface area contributed by atoms with E-state index in [0.29, 0.717) is 31.0 Å². The first-order valence-corrected chi connectivity index (χ1v) is 12.6. The van der Waals surface area contributed by atoms with Crippen molar-refractivity contribution >= 4 is 41.5 Å². The first-order chi connectivity index (χ1) is 16.6. The molecule has 3 N–H and O–H groups in total. The molecular weight excluding hydrogens is 480 g/mol. The van der Waals surface area contributed by atoms with Crippen molar-refractivity contribution < 1.29 is 38.9 Å². The fourth-order valence-corrected chi connectivity index (χ4v) is 6.69. The van der Waals surface area contributed by atoms with Gasteiger partial charge in [0.25, 0.3) is 0 Å². The van der Waals surface area contributed by atoms with Gasteiger partial charge in [0.1, 0.15) is 5.70 Å². The predicted molar refractivity (Wildman–Crippen MR) is 123 cm³/mol. The van der Waals surface area contributed by atoms with Crippen LogP contribution in [0.25, 0.3) is 0 Å². The van der Waals surface area contributed by atoms with Crippen molar-refractivity contribution in [2.75, 3.05) is 32.8 Å². The SMILES string of the molecule is CCN1CCN(C(=O)NCC2CC(SC3=C(C(=O)O)N4C(=O)[C@H]([C@@H](C)O)[C@H]4[C@H]3C)CO2)C(=O)C1=O. The summed E-state index contributed by atoms with van der Waals surface area (Å²) in [4.78, 5) is 65.3. The fraction of sp³-hybridized carbons (Fsp3) is 0.682. The molecule has 0 aromatic carbocycles. The third-order valence-electron chi connectivity index (χ3n) is 7.07. The highest BCUT2D eigenvalue weighted by Gasteiger charge is 2.60. The summed E-state index contributed by atoms with van der Waals surface area (Å²) >= 11 is 1.36. The number of carbonyl (C=O) groups excluding carboxylic acids is 4. The monoisotopic (exact) mass is 510 g/mol. The van der Waals surface area contributed by atoms with Crippen molar-refractivity contribution in [1.29, 1.82) is 0 Å². The largest absolute Gasteiger partial charge is 0.477 e. The van der Waals surface area contributed by atoms with E-state index >= 15 is 0 Å². The van der Waals surface area contributed by atoms with Gasteiger partial charge in [0.15, 0.2) is 0 Å². The van der Waals surface area contributed by atoms with Crippen LogP contribution in [0.4, 0.5) is 4.79 Å². The number of β-lactam (4-membered cyclic amide) rings is 1. The molecule has 0 radical (unpaired) electrons. The van der Waals surface area contributed by atoms with Gasteiger partial charge in [0.05, 0.1) is 30.8 Å². The molecular formula is C22H30N4O8S. The molecule has 2 unspecified atom stereocenters. The Labute approximate surface area is 206 Å². The van der Waals surface area contributed by atoms with Crippen LogP contribution in [-0.4, -0.2) is 111 Å². The number of aliphatic hydroxyl groups excluding tert-OH is 1. The van der Waals surface area contributed by atoms with Crippen molar-refractivity contribution in [2.45, 2.75) is 50.7 Å². The Hall–Kier alpha value is -2.64. The Morgan fingerprint density at radius 3 is 2.57 bits per heavy atom. The van der Waals surface area contributed by atoms with Gasteiger partial charge in [0.2, 0.25) is 5.91 Å². The number of amides is 5. The Bertz CT molecular complexity index is 985. The highest BCUT2D eigenvalue weighted by atomic mass is 32.2. The zero-order valence-electron chi connectivity index (χ0n) is 19.8. The van der Waals surface area contributed by atoms with E-state index in [0.717, 1.165) is 4.90 Å². The molecule has 0 aromatic rings. The number of aliphatic hydroxyl groups is 1. The van der Waals surface area contributed by atoms with Crippen LogP contribution in [0.5, 0.6) is 0 Å². The zero-order valence-corrected chi connectivity index (χ0v) is 20.6. The van der Waals surface area contributed by atoms with E-state index in [2.05, 4.69) is 5.32 Å².